The second-order valence-electron chi connectivity index (χ2n) is 5.73. The third-order valence-corrected chi connectivity index (χ3v) is 4.76. The molecule has 0 aliphatic carbocycles. The highest BCUT2D eigenvalue weighted by molar-refractivity contribution is 7.99. The first kappa shape index (κ1) is 20.3. The van der Waals surface area contributed by atoms with Crippen molar-refractivity contribution in [2.45, 2.75) is 11.7 Å². The molecule has 3 rings (SSSR count). The number of hydrogen-bond donors (Lipinski definition) is 1. The van der Waals surface area contributed by atoms with Gasteiger partial charge in [-0.3, -0.25) is 14.3 Å². The summed E-state index contributed by atoms with van der Waals surface area (Å²) in [6, 6.07) is 5.17. The Hall–Kier alpha value is -3.40. The number of benzene rings is 1. The van der Waals surface area contributed by atoms with E-state index in [1.807, 2.05) is 4.57 Å². The summed E-state index contributed by atoms with van der Waals surface area (Å²) in [5.74, 6) is 1.70. The predicted octanol–water partition coefficient (Wildman–Crippen LogP) is 2.67. The van der Waals surface area contributed by atoms with Gasteiger partial charge in [-0.25, -0.2) is 4.98 Å². The van der Waals surface area contributed by atoms with Gasteiger partial charge in [-0.2, -0.15) is 0 Å². The SMILES string of the molecule is C=CCn1c(SCC(=O)Nc2cc(OC)cc(OC)c2)nnc1-c1cnccn1. The van der Waals surface area contributed by atoms with E-state index in [1.54, 1.807) is 57.1 Å². The standard InChI is InChI=1S/C19H20N6O3S/c1-4-7-25-18(16-11-20-5-6-21-16)23-24-19(25)29-12-17(26)22-13-8-14(27-2)10-15(9-13)28-3/h4-6,8-11H,1,7,12H2,2-3H3,(H,22,26). The first-order chi connectivity index (χ1) is 14.1. The van der Waals surface area contributed by atoms with Gasteiger partial charge in [-0.05, 0) is 0 Å². The summed E-state index contributed by atoms with van der Waals surface area (Å²) < 4.78 is 12.3. The molecule has 0 saturated carbocycles. The Morgan fingerprint density at radius 1 is 1.21 bits per heavy atom. The van der Waals surface area contributed by atoms with E-state index >= 15 is 0 Å². The molecule has 0 atom stereocenters. The summed E-state index contributed by atoms with van der Waals surface area (Å²) in [6.45, 7) is 4.25. The van der Waals surface area contributed by atoms with Gasteiger partial charge >= 0.3 is 0 Å². The molecule has 2 heterocycles. The van der Waals surface area contributed by atoms with E-state index in [0.717, 1.165) is 0 Å². The van der Waals surface area contributed by atoms with Crippen LogP contribution in [-0.4, -0.2) is 50.6 Å². The van der Waals surface area contributed by atoms with Gasteiger partial charge in [0.05, 0.1) is 26.2 Å². The molecule has 0 aliphatic rings. The number of nitrogens with one attached hydrogen (secondary N) is 1. The topological polar surface area (TPSA) is 104 Å². The van der Waals surface area contributed by atoms with Gasteiger partial charge in [0.1, 0.15) is 17.2 Å². The third kappa shape index (κ3) is 5.11. The molecule has 0 bridgehead atoms. The quantitative estimate of drug-likeness (QED) is 0.423. The van der Waals surface area contributed by atoms with Gasteiger partial charge in [0.15, 0.2) is 11.0 Å². The van der Waals surface area contributed by atoms with E-state index in [2.05, 4.69) is 32.1 Å². The largest absolute Gasteiger partial charge is 0.497 e. The maximum absolute atomic E-state index is 12.4. The molecule has 0 unspecified atom stereocenters. The van der Waals surface area contributed by atoms with Crippen molar-refractivity contribution in [1.82, 2.24) is 24.7 Å². The van der Waals surface area contributed by atoms with Gasteiger partial charge in [-0.1, -0.05) is 17.8 Å². The maximum Gasteiger partial charge on any atom is 0.234 e. The summed E-state index contributed by atoms with van der Waals surface area (Å²) in [5.41, 5.74) is 1.18. The number of carbonyl (C=O) groups is 1. The van der Waals surface area contributed by atoms with Crippen LogP contribution in [0.2, 0.25) is 0 Å². The summed E-state index contributed by atoms with van der Waals surface area (Å²) >= 11 is 1.27. The highest BCUT2D eigenvalue weighted by atomic mass is 32.2. The van der Waals surface area contributed by atoms with Crippen LogP contribution < -0.4 is 14.8 Å². The second kappa shape index (κ2) is 9.69. The van der Waals surface area contributed by atoms with Crippen molar-refractivity contribution in [2.24, 2.45) is 0 Å². The van der Waals surface area contributed by atoms with Crippen LogP contribution in [0.5, 0.6) is 11.5 Å². The first-order valence-corrected chi connectivity index (χ1v) is 9.59. The minimum atomic E-state index is -0.195. The summed E-state index contributed by atoms with van der Waals surface area (Å²) in [6.07, 6.45) is 6.52. The molecule has 0 aliphatic heterocycles. The maximum atomic E-state index is 12.4. The average Bonchev–Trinajstić information content (AvgIpc) is 3.15. The Morgan fingerprint density at radius 3 is 2.59 bits per heavy atom. The molecule has 2 aromatic heterocycles. The number of amides is 1. The van der Waals surface area contributed by atoms with Crippen molar-refractivity contribution in [3.8, 4) is 23.0 Å². The molecule has 1 aromatic carbocycles. The van der Waals surface area contributed by atoms with E-state index in [0.29, 0.717) is 40.4 Å². The van der Waals surface area contributed by atoms with Crippen molar-refractivity contribution in [2.75, 3.05) is 25.3 Å². The molecule has 9 nitrogen and oxygen atoms in total. The Labute approximate surface area is 172 Å². The second-order valence-corrected chi connectivity index (χ2v) is 6.68. The molecule has 0 radical (unpaired) electrons. The zero-order valence-corrected chi connectivity index (χ0v) is 16.8. The highest BCUT2D eigenvalue weighted by Gasteiger charge is 2.16. The molecule has 150 valence electrons. The van der Waals surface area contributed by atoms with Crippen LogP contribution in [0.15, 0.2) is 54.6 Å². The van der Waals surface area contributed by atoms with Crippen LogP contribution in [0, 0.1) is 0 Å². The summed E-state index contributed by atoms with van der Waals surface area (Å²) in [5, 5.41) is 11.8. The Kier molecular flexibility index (Phi) is 6.80. The molecule has 0 fully saturated rings. The number of nitrogens with zero attached hydrogens (tertiary/aromatic N) is 5. The number of hydrogen-bond acceptors (Lipinski definition) is 8. The van der Waals surface area contributed by atoms with Gasteiger partial charge in [0.2, 0.25) is 5.91 Å². The lowest BCUT2D eigenvalue weighted by Gasteiger charge is -2.10. The Balaban J connectivity index is 1.70. The lowest BCUT2D eigenvalue weighted by atomic mass is 10.2. The van der Waals surface area contributed by atoms with Crippen LogP contribution in [0.25, 0.3) is 11.5 Å². The molecule has 1 amide bonds. The van der Waals surface area contributed by atoms with E-state index in [9.17, 15) is 4.79 Å². The molecule has 29 heavy (non-hydrogen) atoms. The number of rotatable bonds is 9. The zero-order valence-electron chi connectivity index (χ0n) is 16.0. The van der Waals surface area contributed by atoms with Crippen molar-refractivity contribution < 1.29 is 14.3 Å². The average molecular weight is 412 g/mol. The molecule has 0 saturated heterocycles. The molecule has 1 N–H and O–H groups in total. The Morgan fingerprint density at radius 2 is 1.97 bits per heavy atom. The van der Waals surface area contributed by atoms with E-state index in [4.69, 9.17) is 9.47 Å². The van der Waals surface area contributed by atoms with Crippen molar-refractivity contribution in [1.29, 1.82) is 0 Å². The van der Waals surface area contributed by atoms with E-state index in [1.165, 1.54) is 11.8 Å². The number of aromatic nitrogens is 5. The molecular formula is C19H20N6O3S. The first-order valence-electron chi connectivity index (χ1n) is 8.60. The lowest BCUT2D eigenvalue weighted by molar-refractivity contribution is -0.113. The minimum Gasteiger partial charge on any atom is -0.497 e. The van der Waals surface area contributed by atoms with Crippen molar-refractivity contribution in [3.05, 3.63) is 49.4 Å². The predicted molar refractivity (Wildman–Crippen MR) is 110 cm³/mol. The monoisotopic (exact) mass is 412 g/mol. The number of carbonyl (C=O) groups excluding carboxylic acids is 1. The fourth-order valence-corrected chi connectivity index (χ4v) is 3.25. The molecule has 10 heteroatoms. The van der Waals surface area contributed by atoms with Crippen LogP contribution in [0.1, 0.15) is 0 Å². The summed E-state index contributed by atoms with van der Waals surface area (Å²) in [7, 11) is 3.11. The van der Waals surface area contributed by atoms with Crippen LogP contribution in [0.3, 0.4) is 0 Å². The van der Waals surface area contributed by atoms with Gasteiger partial charge in [-0.15, -0.1) is 16.8 Å². The van der Waals surface area contributed by atoms with Crippen molar-refractivity contribution in [3.63, 3.8) is 0 Å². The zero-order chi connectivity index (χ0) is 20.6. The molecule has 0 spiro atoms. The summed E-state index contributed by atoms with van der Waals surface area (Å²) in [4.78, 5) is 20.7. The lowest BCUT2D eigenvalue weighted by Crippen LogP contribution is -2.15. The number of methoxy groups -OCH3 is 2. The van der Waals surface area contributed by atoms with Gasteiger partial charge in [0, 0.05) is 42.8 Å². The molecule has 3 aromatic rings. The number of anilines is 1. The third-order valence-electron chi connectivity index (χ3n) is 3.79. The molecular weight excluding hydrogens is 392 g/mol. The fourth-order valence-electron chi connectivity index (χ4n) is 2.50. The van der Waals surface area contributed by atoms with Crippen molar-refractivity contribution >= 4 is 23.4 Å². The normalized spacial score (nSPS) is 10.4. The van der Waals surface area contributed by atoms with Crippen LogP contribution in [-0.2, 0) is 11.3 Å². The highest BCUT2D eigenvalue weighted by Crippen LogP contribution is 2.26. The minimum absolute atomic E-state index is 0.148. The van der Waals surface area contributed by atoms with Crippen LogP contribution >= 0.6 is 11.8 Å². The van der Waals surface area contributed by atoms with E-state index < -0.39 is 0 Å². The smallest absolute Gasteiger partial charge is 0.234 e. The fraction of sp³-hybridized carbons (Fsp3) is 0.211. The number of ether oxygens (including phenoxy) is 2. The van der Waals surface area contributed by atoms with E-state index in [-0.39, 0.29) is 11.7 Å². The number of allylic oxidation sites excluding steroid dienone is 1. The van der Waals surface area contributed by atoms with Crippen LogP contribution in [0.4, 0.5) is 5.69 Å². The van der Waals surface area contributed by atoms with Gasteiger partial charge in [0.25, 0.3) is 0 Å². The number of thioether (sulfide) groups is 1. The Bertz CT molecular complexity index is 971. The van der Waals surface area contributed by atoms with Gasteiger partial charge < -0.3 is 14.8 Å².